The van der Waals surface area contributed by atoms with E-state index in [4.69, 9.17) is 20.4 Å². The van der Waals surface area contributed by atoms with Gasteiger partial charge in [-0.3, -0.25) is 0 Å². The highest BCUT2D eigenvalue weighted by Gasteiger charge is 2.48. The van der Waals surface area contributed by atoms with Crippen molar-refractivity contribution in [2.45, 2.75) is 25.2 Å². The molecule has 11 heteroatoms. The summed E-state index contributed by atoms with van der Waals surface area (Å²) in [7, 11) is 0. The number of nitrogens with one attached hydrogen (secondary N) is 2. The highest BCUT2D eigenvalue weighted by molar-refractivity contribution is 5.74. The first kappa shape index (κ1) is 15.0. The van der Waals surface area contributed by atoms with E-state index in [0.29, 0.717) is 4.90 Å². The molecule has 106 valence electrons. The van der Waals surface area contributed by atoms with Gasteiger partial charge in [-0.25, -0.2) is 9.69 Å². The standard InChI is InChI=1S/C7H16N4O7/c12-1-8-5(15)9-3-4(14)11(7(17)18)6(16)10(3)2-13/h3-4,6-7,12-14,16-18H,1-2H2,(H2,8,9,15). The monoisotopic (exact) mass is 268 g/mol. The van der Waals surface area contributed by atoms with Crippen molar-refractivity contribution < 1.29 is 35.4 Å². The minimum atomic E-state index is -2.18. The van der Waals surface area contributed by atoms with Gasteiger partial charge in [-0.2, -0.15) is 4.90 Å². The lowest BCUT2D eigenvalue weighted by Crippen LogP contribution is -2.54. The van der Waals surface area contributed by atoms with E-state index in [2.05, 4.69) is 5.32 Å². The summed E-state index contributed by atoms with van der Waals surface area (Å²) < 4.78 is 0. The zero-order valence-corrected chi connectivity index (χ0v) is 9.21. The van der Waals surface area contributed by atoms with Gasteiger partial charge in [0.05, 0.1) is 0 Å². The van der Waals surface area contributed by atoms with Gasteiger partial charge in [0.15, 0.2) is 6.35 Å². The third-order valence-corrected chi connectivity index (χ3v) is 2.46. The van der Waals surface area contributed by atoms with Crippen LogP contribution in [0.5, 0.6) is 0 Å². The van der Waals surface area contributed by atoms with E-state index in [-0.39, 0.29) is 0 Å². The zero-order chi connectivity index (χ0) is 13.9. The van der Waals surface area contributed by atoms with Crippen molar-refractivity contribution in [1.82, 2.24) is 20.4 Å². The van der Waals surface area contributed by atoms with Crippen LogP contribution < -0.4 is 10.6 Å². The molecule has 3 unspecified atom stereocenters. The number of hydrogen-bond donors (Lipinski definition) is 8. The maximum absolute atomic E-state index is 11.2. The molecule has 0 radical (unpaired) electrons. The number of carbonyl (C=O) groups is 1. The Morgan fingerprint density at radius 1 is 1.28 bits per heavy atom. The van der Waals surface area contributed by atoms with E-state index in [0.717, 1.165) is 4.90 Å². The van der Waals surface area contributed by atoms with Crippen molar-refractivity contribution in [2.75, 3.05) is 13.5 Å². The largest absolute Gasteiger partial charge is 0.381 e. The van der Waals surface area contributed by atoms with Crippen LogP contribution in [0.25, 0.3) is 0 Å². The second kappa shape index (κ2) is 6.21. The highest BCUT2D eigenvalue weighted by atomic mass is 16.5. The maximum atomic E-state index is 11.2. The van der Waals surface area contributed by atoms with Crippen LogP contribution in [0.3, 0.4) is 0 Å². The molecule has 11 nitrogen and oxygen atoms in total. The lowest BCUT2D eigenvalue weighted by atomic mass is 10.4. The van der Waals surface area contributed by atoms with E-state index < -0.39 is 44.7 Å². The van der Waals surface area contributed by atoms with E-state index in [1.807, 2.05) is 5.32 Å². The first-order chi connectivity index (χ1) is 8.43. The molecule has 18 heavy (non-hydrogen) atoms. The van der Waals surface area contributed by atoms with Gasteiger partial charge in [0.25, 0.3) is 0 Å². The molecule has 2 amide bonds. The third-order valence-electron chi connectivity index (χ3n) is 2.46. The van der Waals surface area contributed by atoms with Gasteiger partial charge in [0, 0.05) is 0 Å². The molecule has 0 aromatic carbocycles. The number of aliphatic hydroxyl groups excluding tert-OH is 5. The van der Waals surface area contributed by atoms with Gasteiger partial charge >= 0.3 is 6.03 Å². The zero-order valence-electron chi connectivity index (χ0n) is 9.21. The van der Waals surface area contributed by atoms with Crippen molar-refractivity contribution in [1.29, 1.82) is 0 Å². The van der Waals surface area contributed by atoms with Crippen LogP contribution in [0.4, 0.5) is 4.79 Å². The Labute approximate surface area is 101 Å². The first-order valence-corrected chi connectivity index (χ1v) is 4.95. The molecule has 1 fully saturated rings. The van der Waals surface area contributed by atoms with Gasteiger partial charge in [-0.1, -0.05) is 0 Å². The minimum Gasteiger partial charge on any atom is -0.381 e. The maximum Gasteiger partial charge on any atom is 0.317 e. The molecule has 1 rings (SSSR count). The number of rotatable bonds is 4. The van der Waals surface area contributed by atoms with Gasteiger partial charge in [0.1, 0.15) is 25.9 Å². The molecule has 0 aliphatic carbocycles. The molecule has 8 N–H and O–H groups in total. The van der Waals surface area contributed by atoms with Crippen LogP contribution in [0, 0.1) is 0 Å². The number of hydrogen-bond acceptors (Lipinski definition) is 9. The smallest absolute Gasteiger partial charge is 0.317 e. The van der Waals surface area contributed by atoms with Gasteiger partial charge in [0.2, 0.25) is 6.41 Å². The van der Waals surface area contributed by atoms with Gasteiger partial charge in [-0.15, -0.1) is 0 Å². The van der Waals surface area contributed by atoms with Crippen LogP contribution in [-0.4, -0.2) is 85.1 Å². The molecule has 1 heterocycles. The van der Waals surface area contributed by atoms with E-state index in [1.54, 1.807) is 0 Å². The normalized spacial score (nSPS) is 29.8. The van der Waals surface area contributed by atoms with E-state index in [1.165, 1.54) is 0 Å². The molecule has 0 bridgehead atoms. The Hall–Kier alpha value is -1.05. The Bertz CT molecular complexity index is 291. The van der Waals surface area contributed by atoms with Crippen molar-refractivity contribution in [3.8, 4) is 0 Å². The van der Waals surface area contributed by atoms with Crippen molar-refractivity contribution in [2.24, 2.45) is 0 Å². The molecule has 0 aromatic rings. The second-order valence-electron chi connectivity index (χ2n) is 3.46. The fourth-order valence-corrected chi connectivity index (χ4v) is 1.62. The summed E-state index contributed by atoms with van der Waals surface area (Å²) in [6.07, 6.45) is -6.85. The Kier molecular flexibility index (Phi) is 5.18. The highest BCUT2D eigenvalue weighted by Crippen LogP contribution is 2.22. The summed E-state index contributed by atoms with van der Waals surface area (Å²) >= 11 is 0. The average Bonchev–Trinajstić information content (AvgIpc) is 2.50. The molecule has 1 saturated heterocycles. The van der Waals surface area contributed by atoms with Crippen molar-refractivity contribution >= 4 is 6.03 Å². The quantitative estimate of drug-likeness (QED) is 0.233. The predicted molar refractivity (Wildman–Crippen MR) is 53.5 cm³/mol. The van der Waals surface area contributed by atoms with Gasteiger partial charge < -0.3 is 41.3 Å². The number of nitrogens with zero attached hydrogens (tertiary/aromatic N) is 2. The number of urea groups is 1. The van der Waals surface area contributed by atoms with E-state index in [9.17, 15) is 15.0 Å². The lowest BCUT2D eigenvalue weighted by molar-refractivity contribution is -0.247. The van der Waals surface area contributed by atoms with Crippen molar-refractivity contribution in [3.05, 3.63) is 0 Å². The molecule has 0 saturated carbocycles. The number of amides is 2. The topological polar surface area (TPSA) is 169 Å². The molecule has 0 aromatic heterocycles. The lowest BCUT2D eigenvalue weighted by Gasteiger charge is -2.25. The summed E-state index contributed by atoms with van der Waals surface area (Å²) in [5, 5.41) is 58.7. The SMILES string of the molecule is O=C(NCO)NC1C(O)N(C(O)O)C(O)N1CO. The van der Waals surface area contributed by atoms with Crippen LogP contribution in [0.2, 0.25) is 0 Å². The molecular formula is C7H16N4O7. The molecule has 0 spiro atoms. The van der Waals surface area contributed by atoms with E-state index >= 15 is 0 Å². The second-order valence-corrected chi connectivity index (χ2v) is 3.46. The van der Waals surface area contributed by atoms with Crippen LogP contribution in [0.1, 0.15) is 0 Å². The third kappa shape index (κ3) is 2.85. The molecule has 3 atom stereocenters. The van der Waals surface area contributed by atoms with Crippen molar-refractivity contribution in [3.63, 3.8) is 0 Å². The molecular weight excluding hydrogens is 252 g/mol. The predicted octanol–water partition coefficient (Wildman–Crippen LogP) is -5.01. The fourth-order valence-electron chi connectivity index (χ4n) is 1.62. The summed E-state index contributed by atoms with van der Waals surface area (Å²) in [6.45, 7) is -1.41. The Morgan fingerprint density at radius 3 is 2.33 bits per heavy atom. The summed E-state index contributed by atoms with van der Waals surface area (Å²) in [5.74, 6) is 0. The first-order valence-electron chi connectivity index (χ1n) is 4.95. The number of carbonyl (C=O) groups excluding carboxylic acids is 1. The summed E-state index contributed by atoms with van der Waals surface area (Å²) in [4.78, 5) is 12.4. The number of aliphatic hydroxyl groups is 6. The van der Waals surface area contributed by atoms with Gasteiger partial charge in [-0.05, 0) is 0 Å². The van der Waals surface area contributed by atoms with Crippen LogP contribution >= 0.6 is 0 Å². The average molecular weight is 268 g/mol. The fraction of sp³-hybridized carbons (Fsp3) is 0.857. The van der Waals surface area contributed by atoms with Crippen LogP contribution in [-0.2, 0) is 0 Å². The molecule has 1 aliphatic heterocycles. The Balaban J connectivity index is 2.79. The molecule has 1 aliphatic rings. The minimum absolute atomic E-state index is 0.445. The summed E-state index contributed by atoms with van der Waals surface area (Å²) in [6, 6.07) is -0.874. The van der Waals surface area contributed by atoms with Crippen LogP contribution in [0.15, 0.2) is 0 Å². The summed E-state index contributed by atoms with van der Waals surface area (Å²) in [5.41, 5.74) is 0. The Morgan fingerprint density at radius 2 is 1.89 bits per heavy atom.